The van der Waals surface area contributed by atoms with Crippen LogP contribution in [0.1, 0.15) is 45.7 Å². The highest BCUT2D eigenvalue weighted by Crippen LogP contribution is 2.27. The number of rotatable bonds is 5. The first-order valence-corrected chi connectivity index (χ1v) is 10.3. The second kappa shape index (κ2) is 8.55. The zero-order valence-electron chi connectivity index (χ0n) is 18.3. The van der Waals surface area contributed by atoms with Crippen molar-refractivity contribution in [2.45, 2.75) is 26.8 Å². The Morgan fingerprint density at radius 3 is 2.61 bits per heavy atom. The van der Waals surface area contributed by atoms with Crippen LogP contribution >= 0.6 is 0 Å². The van der Waals surface area contributed by atoms with Crippen LogP contribution in [0.2, 0.25) is 0 Å². The highest BCUT2D eigenvalue weighted by Gasteiger charge is 2.21. The van der Waals surface area contributed by atoms with Crippen molar-refractivity contribution in [3.05, 3.63) is 93.0 Å². The van der Waals surface area contributed by atoms with Crippen LogP contribution in [0.4, 0.5) is 5.69 Å². The fraction of sp³-hybridized carbons (Fsp3) is 0.160. The van der Waals surface area contributed by atoms with Crippen molar-refractivity contribution < 1.29 is 9.90 Å². The number of benzene rings is 1. The predicted molar refractivity (Wildman–Crippen MR) is 124 cm³/mol. The van der Waals surface area contributed by atoms with E-state index >= 15 is 0 Å². The molecule has 4 aromatic rings. The Labute approximate surface area is 189 Å². The summed E-state index contributed by atoms with van der Waals surface area (Å²) in [6, 6.07) is 15.4. The van der Waals surface area contributed by atoms with Gasteiger partial charge in [0.2, 0.25) is 0 Å². The lowest BCUT2D eigenvalue weighted by Gasteiger charge is -2.20. The average Bonchev–Trinajstić information content (AvgIpc) is 2.79. The lowest BCUT2D eigenvalue weighted by Crippen LogP contribution is -2.22. The van der Waals surface area contributed by atoms with E-state index in [2.05, 4.69) is 10.3 Å². The molecule has 0 saturated heterocycles. The van der Waals surface area contributed by atoms with Gasteiger partial charge in [-0.2, -0.15) is 5.26 Å². The molecule has 164 valence electrons. The molecule has 0 radical (unpaired) electrons. The summed E-state index contributed by atoms with van der Waals surface area (Å²) in [5, 5.41) is 22.5. The number of nitrogens with one attached hydrogen (secondary N) is 1. The van der Waals surface area contributed by atoms with Gasteiger partial charge in [-0.3, -0.25) is 14.2 Å². The number of aromatic carboxylic acids is 1. The molecule has 0 amide bonds. The predicted octanol–water partition coefficient (Wildman–Crippen LogP) is 4.12. The van der Waals surface area contributed by atoms with Gasteiger partial charge in [0.15, 0.2) is 0 Å². The van der Waals surface area contributed by atoms with E-state index in [9.17, 15) is 20.0 Å². The largest absolute Gasteiger partial charge is 0.478 e. The Balaban J connectivity index is 1.93. The average molecular weight is 439 g/mol. The molecule has 8 nitrogen and oxygen atoms in total. The third kappa shape index (κ3) is 4.04. The van der Waals surface area contributed by atoms with Crippen molar-refractivity contribution in [2.75, 3.05) is 5.32 Å². The van der Waals surface area contributed by atoms with Crippen LogP contribution in [0.15, 0.2) is 59.5 Å². The second-order valence-corrected chi connectivity index (χ2v) is 7.80. The van der Waals surface area contributed by atoms with Crippen molar-refractivity contribution in [1.82, 2.24) is 14.4 Å². The van der Waals surface area contributed by atoms with Gasteiger partial charge < -0.3 is 10.4 Å². The van der Waals surface area contributed by atoms with Gasteiger partial charge in [0.25, 0.3) is 5.56 Å². The van der Waals surface area contributed by atoms with E-state index in [0.717, 1.165) is 11.3 Å². The van der Waals surface area contributed by atoms with Crippen LogP contribution in [-0.2, 0) is 0 Å². The van der Waals surface area contributed by atoms with Gasteiger partial charge in [0.1, 0.15) is 23.0 Å². The summed E-state index contributed by atoms with van der Waals surface area (Å²) in [7, 11) is 0. The Hall–Kier alpha value is -4.51. The van der Waals surface area contributed by atoms with E-state index in [1.807, 2.05) is 39.0 Å². The van der Waals surface area contributed by atoms with Crippen LogP contribution < -0.4 is 10.9 Å². The van der Waals surface area contributed by atoms with Crippen molar-refractivity contribution >= 4 is 17.3 Å². The number of carboxylic acids is 1. The maximum Gasteiger partial charge on any atom is 0.337 e. The van der Waals surface area contributed by atoms with Gasteiger partial charge in [-0.1, -0.05) is 18.2 Å². The lowest BCUT2D eigenvalue weighted by atomic mass is 10.0. The summed E-state index contributed by atoms with van der Waals surface area (Å²) in [6.07, 6.45) is 1.64. The quantitative estimate of drug-likeness (QED) is 0.480. The minimum Gasteiger partial charge on any atom is -0.478 e. The molecular weight excluding hydrogens is 418 g/mol. The Kier molecular flexibility index (Phi) is 5.63. The topological polar surface area (TPSA) is 120 Å². The number of nitrogens with zero attached hydrogens (tertiary/aromatic N) is 4. The molecule has 33 heavy (non-hydrogen) atoms. The number of carboxylic acid groups (broad SMARTS) is 1. The summed E-state index contributed by atoms with van der Waals surface area (Å²) >= 11 is 0. The normalized spacial score (nSPS) is 11.7. The van der Waals surface area contributed by atoms with Crippen LogP contribution in [0.5, 0.6) is 0 Å². The zero-order valence-corrected chi connectivity index (χ0v) is 18.3. The maximum absolute atomic E-state index is 13.2. The molecule has 3 heterocycles. The molecule has 0 bridgehead atoms. The Morgan fingerprint density at radius 2 is 1.91 bits per heavy atom. The van der Waals surface area contributed by atoms with Gasteiger partial charge in [0, 0.05) is 23.1 Å². The number of anilines is 1. The van der Waals surface area contributed by atoms with Crippen molar-refractivity contribution in [2.24, 2.45) is 0 Å². The van der Waals surface area contributed by atoms with E-state index in [4.69, 9.17) is 4.98 Å². The summed E-state index contributed by atoms with van der Waals surface area (Å²) in [5.41, 5.74) is 3.28. The first-order valence-electron chi connectivity index (χ1n) is 10.3. The van der Waals surface area contributed by atoms with E-state index in [0.29, 0.717) is 22.6 Å². The standard InChI is InChI=1S/C25H21N5O3/c1-14-11-18(16(3)28-20-9-5-4-8-17(20)25(32)33)23-29-22(21-10-6-7-15(2)27-21)19(12-26)24(31)30(23)13-14/h4-11,13,16,28H,1-3H3,(H,32,33)/t16-/m1/s1. The number of aromatic nitrogens is 3. The molecule has 8 heteroatoms. The molecule has 0 aliphatic carbocycles. The van der Waals surface area contributed by atoms with E-state index < -0.39 is 17.6 Å². The highest BCUT2D eigenvalue weighted by atomic mass is 16.4. The van der Waals surface area contributed by atoms with Gasteiger partial charge in [-0.15, -0.1) is 0 Å². The number of pyridine rings is 2. The fourth-order valence-electron chi connectivity index (χ4n) is 3.79. The molecule has 3 aromatic heterocycles. The van der Waals surface area contributed by atoms with Gasteiger partial charge in [-0.05, 0) is 56.7 Å². The first kappa shape index (κ1) is 21.7. The molecule has 0 aliphatic rings. The number of aryl methyl sites for hydroxylation is 2. The van der Waals surface area contributed by atoms with Crippen LogP contribution in [-0.4, -0.2) is 25.4 Å². The third-order valence-corrected chi connectivity index (χ3v) is 5.33. The zero-order chi connectivity index (χ0) is 23.7. The van der Waals surface area contributed by atoms with E-state index in [-0.39, 0.29) is 16.8 Å². The van der Waals surface area contributed by atoms with Crippen LogP contribution in [0.25, 0.3) is 17.0 Å². The smallest absolute Gasteiger partial charge is 0.337 e. The minimum absolute atomic E-state index is 0.0843. The molecular formula is C25H21N5O3. The van der Waals surface area contributed by atoms with E-state index in [1.165, 1.54) is 10.5 Å². The highest BCUT2D eigenvalue weighted by molar-refractivity contribution is 5.94. The number of nitriles is 1. The van der Waals surface area contributed by atoms with Crippen molar-refractivity contribution in [3.8, 4) is 17.5 Å². The molecule has 1 atom stereocenters. The summed E-state index contributed by atoms with van der Waals surface area (Å²) < 4.78 is 1.36. The van der Waals surface area contributed by atoms with Crippen molar-refractivity contribution in [1.29, 1.82) is 5.26 Å². The minimum atomic E-state index is -1.04. The third-order valence-electron chi connectivity index (χ3n) is 5.33. The second-order valence-electron chi connectivity index (χ2n) is 7.80. The van der Waals surface area contributed by atoms with Crippen LogP contribution in [0, 0.1) is 25.2 Å². The number of hydrogen-bond acceptors (Lipinski definition) is 6. The molecule has 4 rings (SSSR count). The molecule has 1 aromatic carbocycles. The number of carbonyl (C=O) groups is 1. The Morgan fingerprint density at radius 1 is 1.15 bits per heavy atom. The fourth-order valence-corrected chi connectivity index (χ4v) is 3.79. The first-order chi connectivity index (χ1) is 15.8. The summed E-state index contributed by atoms with van der Waals surface area (Å²) in [4.78, 5) is 34.0. The number of hydrogen-bond donors (Lipinski definition) is 2. The SMILES string of the molecule is Cc1cc([C@@H](C)Nc2ccccc2C(=O)O)c2nc(-c3cccc(C)n3)c(C#N)c(=O)n2c1. The number of fused-ring (bicyclic) bond motifs is 1. The van der Waals surface area contributed by atoms with Gasteiger partial charge in [0.05, 0.1) is 17.3 Å². The van der Waals surface area contributed by atoms with E-state index in [1.54, 1.807) is 36.5 Å². The monoisotopic (exact) mass is 439 g/mol. The maximum atomic E-state index is 13.2. The van der Waals surface area contributed by atoms with Gasteiger partial charge >= 0.3 is 5.97 Å². The molecule has 0 saturated carbocycles. The molecule has 0 unspecified atom stereocenters. The Bertz CT molecular complexity index is 1500. The molecule has 0 fully saturated rings. The molecule has 0 aliphatic heterocycles. The summed E-state index contributed by atoms with van der Waals surface area (Å²) in [6.45, 7) is 5.53. The summed E-state index contributed by atoms with van der Waals surface area (Å²) in [5.74, 6) is -1.04. The number of para-hydroxylation sites is 1. The van der Waals surface area contributed by atoms with Crippen LogP contribution in [0.3, 0.4) is 0 Å². The molecule has 0 spiro atoms. The molecule has 2 N–H and O–H groups in total. The van der Waals surface area contributed by atoms with Gasteiger partial charge in [-0.25, -0.2) is 9.78 Å². The van der Waals surface area contributed by atoms with Crippen molar-refractivity contribution in [3.63, 3.8) is 0 Å². The lowest BCUT2D eigenvalue weighted by molar-refractivity contribution is 0.0698.